The molecule has 2 aromatic rings. The largest absolute Gasteiger partial charge is 0.346 e. The molecule has 0 atom stereocenters. The van der Waals surface area contributed by atoms with Crippen LogP contribution < -0.4 is 5.32 Å². The van der Waals surface area contributed by atoms with Crippen molar-refractivity contribution < 1.29 is 4.79 Å². The van der Waals surface area contributed by atoms with E-state index in [1.54, 1.807) is 4.68 Å². The summed E-state index contributed by atoms with van der Waals surface area (Å²) < 4.78 is 2.65. The zero-order chi connectivity index (χ0) is 13.1. The average Bonchev–Trinajstić information content (AvgIpc) is 2.76. The van der Waals surface area contributed by atoms with Crippen LogP contribution in [0.2, 0.25) is 0 Å². The molecule has 18 heavy (non-hydrogen) atoms. The number of benzene rings is 1. The lowest BCUT2D eigenvalue weighted by Gasteiger charge is -2.07. The van der Waals surface area contributed by atoms with Gasteiger partial charge in [0.1, 0.15) is 0 Å². The molecule has 0 unspecified atom stereocenters. The normalized spacial score (nSPS) is 10.4. The van der Waals surface area contributed by atoms with Crippen molar-refractivity contribution in [2.45, 2.75) is 13.5 Å². The number of carbonyl (C=O) groups is 1. The molecule has 1 heterocycles. The van der Waals surface area contributed by atoms with E-state index in [1.807, 2.05) is 44.4 Å². The summed E-state index contributed by atoms with van der Waals surface area (Å²) in [4.78, 5) is 12.0. The van der Waals surface area contributed by atoms with E-state index in [-0.39, 0.29) is 5.91 Å². The first-order valence-corrected chi connectivity index (χ1v) is 6.39. The van der Waals surface area contributed by atoms with E-state index in [1.165, 1.54) is 0 Å². The number of halogens is 1. The second-order valence-electron chi connectivity index (χ2n) is 4.08. The Hall–Kier alpha value is -1.62. The number of hydrogen-bond acceptors (Lipinski definition) is 2. The second-order valence-corrected chi connectivity index (χ2v) is 4.93. The zero-order valence-corrected chi connectivity index (χ0v) is 11.9. The van der Waals surface area contributed by atoms with Crippen LogP contribution in [0.1, 0.15) is 21.6 Å². The molecule has 0 saturated heterocycles. The first-order chi connectivity index (χ1) is 8.58. The molecule has 5 heteroatoms. The molecule has 0 radical (unpaired) electrons. The molecule has 94 valence electrons. The Kier molecular flexibility index (Phi) is 3.81. The summed E-state index contributed by atoms with van der Waals surface area (Å²) in [6.07, 6.45) is 1.85. The van der Waals surface area contributed by atoms with Gasteiger partial charge in [0.15, 0.2) is 0 Å². The molecule has 0 bridgehead atoms. The number of aromatic nitrogens is 2. The van der Waals surface area contributed by atoms with E-state index in [2.05, 4.69) is 26.3 Å². The highest BCUT2D eigenvalue weighted by molar-refractivity contribution is 9.10. The van der Waals surface area contributed by atoms with Gasteiger partial charge in [0.05, 0.1) is 12.2 Å². The molecule has 0 spiro atoms. The molecule has 0 fully saturated rings. The highest BCUT2D eigenvalue weighted by Gasteiger charge is 2.10. The number of nitrogens with one attached hydrogen (secondary N) is 1. The van der Waals surface area contributed by atoms with Crippen LogP contribution in [0.25, 0.3) is 0 Å². The van der Waals surface area contributed by atoms with E-state index in [4.69, 9.17) is 0 Å². The zero-order valence-electron chi connectivity index (χ0n) is 10.3. The lowest BCUT2D eigenvalue weighted by Crippen LogP contribution is -2.24. The maximum absolute atomic E-state index is 12.0. The molecule has 0 aliphatic rings. The highest BCUT2D eigenvalue weighted by atomic mass is 79.9. The Morgan fingerprint density at radius 3 is 2.89 bits per heavy atom. The molecule has 4 nitrogen and oxygen atoms in total. The van der Waals surface area contributed by atoms with Crippen LogP contribution in [0.5, 0.6) is 0 Å². The van der Waals surface area contributed by atoms with Crippen LogP contribution in [0.4, 0.5) is 0 Å². The fourth-order valence-corrected chi connectivity index (χ4v) is 2.04. The van der Waals surface area contributed by atoms with Crippen LogP contribution in [-0.2, 0) is 13.6 Å². The van der Waals surface area contributed by atoms with Gasteiger partial charge in [-0.05, 0) is 30.7 Å². The minimum absolute atomic E-state index is 0.0838. The second kappa shape index (κ2) is 5.35. The van der Waals surface area contributed by atoms with Crippen molar-refractivity contribution in [1.82, 2.24) is 15.1 Å². The first-order valence-electron chi connectivity index (χ1n) is 5.60. The molecule has 1 aromatic carbocycles. The Bertz CT molecular complexity index is 577. The van der Waals surface area contributed by atoms with Crippen LogP contribution in [0.15, 0.2) is 34.9 Å². The van der Waals surface area contributed by atoms with Crippen molar-refractivity contribution in [3.05, 3.63) is 51.8 Å². The molecule has 1 aromatic heterocycles. The van der Waals surface area contributed by atoms with Crippen molar-refractivity contribution >= 4 is 21.8 Å². The van der Waals surface area contributed by atoms with Crippen molar-refractivity contribution in [1.29, 1.82) is 0 Å². The maximum Gasteiger partial charge on any atom is 0.251 e. The maximum atomic E-state index is 12.0. The fourth-order valence-electron chi connectivity index (χ4n) is 1.68. The SMILES string of the molecule is Cc1c(Br)cccc1C(=O)NCc1ccn(C)n1. The van der Waals surface area contributed by atoms with E-state index < -0.39 is 0 Å². The predicted molar refractivity (Wildman–Crippen MR) is 73.3 cm³/mol. The molecule has 1 N–H and O–H groups in total. The van der Waals surface area contributed by atoms with Gasteiger partial charge in [-0.1, -0.05) is 22.0 Å². The van der Waals surface area contributed by atoms with Crippen molar-refractivity contribution in [3.63, 3.8) is 0 Å². The lowest BCUT2D eigenvalue weighted by atomic mass is 10.1. The standard InChI is InChI=1S/C13H14BrN3O/c1-9-11(4-3-5-12(9)14)13(18)15-8-10-6-7-17(2)16-10/h3-7H,8H2,1-2H3,(H,15,18). The highest BCUT2D eigenvalue weighted by Crippen LogP contribution is 2.19. The summed E-state index contributed by atoms with van der Waals surface area (Å²) in [6, 6.07) is 7.47. The van der Waals surface area contributed by atoms with Crippen LogP contribution in [0.3, 0.4) is 0 Å². The molecular formula is C13H14BrN3O. The third-order valence-corrected chi connectivity index (χ3v) is 3.57. The number of aryl methyl sites for hydroxylation is 1. The van der Waals surface area contributed by atoms with Gasteiger partial charge in [0, 0.05) is 23.3 Å². The van der Waals surface area contributed by atoms with E-state index in [0.717, 1.165) is 15.7 Å². The average molecular weight is 308 g/mol. The Morgan fingerprint density at radius 2 is 2.22 bits per heavy atom. The van der Waals surface area contributed by atoms with Crippen LogP contribution in [-0.4, -0.2) is 15.7 Å². The van der Waals surface area contributed by atoms with Crippen molar-refractivity contribution in [2.75, 3.05) is 0 Å². The number of rotatable bonds is 3. The Morgan fingerprint density at radius 1 is 1.44 bits per heavy atom. The molecule has 0 aliphatic heterocycles. The van der Waals surface area contributed by atoms with Gasteiger partial charge in [-0.2, -0.15) is 5.10 Å². The summed E-state index contributed by atoms with van der Waals surface area (Å²) in [6.45, 7) is 2.35. The first kappa shape index (κ1) is 12.8. The Balaban J connectivity index is 2.06. The number of nitrogens with zero attached hydrogens (tertiary/aromatic N) is 2. The topological polar surface area (TPSA) is 46.9 Å². The summed E-state index contributed by atoms with van der Waals surface area (Å²) in [5, 5.41) is 7.07. The molecule has 0 saturated carbocycles. The van der Waals surface area contributed by atoms with Gasteiger partial charge in [-0.25, -0.2) is 0 Å². The minimum Gasteiger partial charge on any atom is -0.346 e. The van der Waals surface area contributed by atoms with Crippen molar-refractivity contribution in [2.24, 2.45) is 7.05 Å². The quantitative estimate of drug-likeness (QED) is 0.946. The predicted octanol–water partition coefficient (Wildman–Crippen LogP) is 2.42. The van der Waals surface area contributed by atoms with E-state index in [0.29, 0.717) is 12.1 Å². The van der Waals surface area contributed by atoms with Gasteiger partial charge in [0.25, 0.3) is 5.91 Å². The number of hydrogen-bond donors (Lipinski definition) is 1. The molecular weight excluding hydrogens is 294 g/mol. The smallest absolute Gasteiger partial charge is 0.251 e. The van der Waals surface area contributed by atoms with Gasteiger partial charge in [-0.15, -0.1) is 0 Å². The lowest BCUT2D eigenvalue weighted by molar-refractivity contribution is 0.0949. The van der Waals surface area contributed by atoms with Crippen LogP contribution in [0, 0.1) is 6.92 Å². The summed E-state index contributed by atoms with van der Waals surface area (Å²) in [5.74, 6) is -0.0838. The summed E-state index contributed by atoms with van der Waals surface area (Å²) >= 11 is 3.42. The third kappa shape index (κ3) is 2.79. The Labute approximate surface area is 114 Å². The van der Waals surface area contributed by atoms with E-state index >= 15 is 0 Å². The van der Waals surface area contributed by atoms with Crippen LogP contribution >= 0.6 is 15.9 Å². The monoisotopic (exact) mass is 307 g/mol. The van der Waals surface area contributed by atoms with Gasteiger partial charge < -0.3 is 5.32 Å². The molecule has 2 rings (SSSR count). The molecule has 0 aliphatic carbocycles. The summed E-state index contributed by atoms with van der Waals surface area (Å²) in [5.41, 5.74) is 2.47. The fraction of sp³-hybridized carbons (Fsp3) is 0.231. The van der Waals surface area contributed by atoms with Gasteiger partial charge in [-0.3, -0.25) is 9.48 Å². The minimum atomic E-state index is -0.0838. The van der Waals surface area contributed by atoms with E-state index in [9.17, 15) is 4.79 Å². The van der Waals surface area contributed by atoms with Gasteiger partial charge >= 0.3 is 0 Å². The number of carbonyl (C=O) groups excluding carboxylic acids is 1. The number of amides is 1. The van der Waals surface area contributed by atoms with Crippen molar-refractivity contribution in [3.8, 4) is 0 Å². The summed E-state index contributed by atoms with van der Waals surface area (Å²) in [7, 11) is 1.85. The molecule has 1 amide bonds. The third-order valence-electron chi connectivity index (χ3n) is 2.71. The van der Waals surface area contributed by atoms with Gasteiger partial charge in [0.2, 0.25) is 0 Å².